The van der Waals surface area contributed by atoms with Gasteiger partial charge in [-0.15, -0.1) is 0 Å². The lowest BCUT2D eigenvalue weighted by Crippen LogP contribution is -2.47. The predicted molar refractivity (Wildman–Crippen MR) is 129 cm³/mol. The zero-order valence-electron chi connectivity index (χ0n) is 19.5. The quantitative estimate of drug-likeness (QED) is 0.592. The molecule has 1 aromatic carbocycles. The second kappa shape index (κ2) is 10.0. The Morgan fingerprint density at radius 1 is 1.15 bits per heavy atom. The second-order valence-corrected chi connectivity index (χ2v) is 9.04. The highest BCUT2D eigenvalue weighted by molar-refractivity contribution is 8.16. The molecule has 0 saturated carbocycles. The highest BCUT2D eigenvalue weighted by Gasteiger charge is 2.42. The number of benzene rings is 1. The van der Waals surface area contributed by atoms with Crippen LogP contribution in [-0.4, -0.2) is 79.2 Å². The van der Waals surface area contributed by atoms with Crippen molar-refractivity contribution in [3.8, 4) is 5.75 Å². The first-order valence-corrected chi connectivity index (χ1v) is 12.0. The molecule has 3 aliphatic heterocycles. The van der Waals surface area contributed by atoms with Crippen molar-refractivity contribution < 1.29 is 19.1 Å². The Morgan fingerprint density at radius 2 is 1.88 bits per heavy atom. The Balaban J connectivity index is 1.72. The number of esters is 1. The standard InChI is InChI=1S/C24H30N4O4S/c1-5-18-21(23(30)32-4)22(17-8-6-7-9-19(17)31-3)28-16(15-33-24(28)25-18)14-20(29)27-12-10-26(2)11-13-27/h6-9,15,22H,5,10-14H2,1-4H3/t22-/m1/s1. The minimum Gasteiger partial charge on any atom is -0.496 e. The molecule has 0 N–H and O–H groups in total. The number of likely N-dealkylation sites (N-methyl/N-ethyl adjacent to an activating group) is 1. The lowest BCUT2D eigenvalue weighted by atomic mass is 9.92. The monoisotopic (exact) mass is 470 g/mol. The van der Waals surface area contributed by atoms with Gasteiger partial charge in [-0.3, -0.25) is 4.79 Å². The number of carbonyl (C=O) groups excluding carboxylic acids is 2. The third-order valence-electron chi connectivity index (χ3n) is 6.25. The van der Waals surface area contributed by atoms with Crippen LogP contribution >= 0.6 is 11.8 Å². The SMILES string of the molecule is CCC1=C(C(=O)OC)[C@@H](c2ccccc2OC)N2C(CC(=O)N3CCN(C)CC3)=CSC2=N1. The van der Waals surface area contributed by atoms with Gasteiger partial charge in [0.2, 0.25) is 5.91 Å². The summed E-state index contributed by atoms with van der Waals surface area (Å²) >= 11 is 1.48. The molecule has 33 heavy (non-hydrogen) atoms. The summed E-state index contributed by atoms with van der Waals surface area (Å²) in [5, 5.41) is 2.74. The first kappa shape index (κ1) is 23.4. The molecule has 0 spiro atoms. The van der Waals surface area contributed by atoms with E-state index in [1.54, 1.807) is 7.11 Å². The molecule has 1 fully saturated rings. The van der Waals surface area contributed by atoms with Crippen LogP contribution in [0.5, 0.6) is 5.75 Å². The van der Waals surface area contributed by atoms with Gasteiger partial charge < -0.3 is 24.2 Å². The van der Waals surface area contributed by atoms with Crippen LogP contribution in [0.3, 0.4) is 0 Å². The maximum absolute atomic E-state index is 13.2. The summed E-state index contributed by atoms with van der Waals surface area (Å²) in [5.74, 6) is 0.328. The Labute approximate surface area is 198 Å². The van der Waals surface area contributed by atoms with Gasteiger partial charge in [0.05, 0.1) is 38.0 Å². The predicted octanol–water partition coefficient (Wildman–Crippen LogP) is 3.00. The first-order chi connectivity index (χ1) is 16.0. The van der Waals surface area contributed by atoms with Crippen molar-refractivity contribution in [3.63, 3.8) is 0 Å². The third kappa shape index (κ3) is 4.52. The molecule has 1 aromatic rings. The summed E-state index contributed by atoms with van der Waals surface area (Å²) < 4.78 is 10.8. The Morgan fingerprint density at radius 3 is 2.55 bits per heavy atom. The Bertz CT molecular complexity index is 1030. The molecule has 3 heterocycles. The molecule has 1 amide bonds. The molecule has 3 aliphatic rings. The van der Waals surface area contributed by atoms with Crippen LogP contribution in [0.1, 0.15) is 31.4 Å². The zero-order chi connectivity index (χ0) is 23.5. The van der Waals surface area contributed by atoms with E-state index in [9.17, 15) is 9.59 Å². The molecule has 1 saturated heterocycles. The van der Waals surface area contributed by atoms with E-state index in [0.29, 0.717) is 23.4 Å². The number of thioether (sulfide) groups is 1. The lowest BCUT2D eigenvalue weighted by molar-refractivity contribution is -0.136. The first-order valence-electron chi connectivity index (χ1n) is 11.1. The number of methoxy groups -OCH3 is 2. The smallest absolute Gasteiger partial charge is 0.338 e. The van der Waals surface area contributed by atoms with E-state index < -0.39 is 12.0 Å². The summed E-state index contributed by atoms with van der Waals surface area (Å²) in [6.07, 6.45) is 0.834. The van der Waals surface area contributed by atoms with E-state index >= 15 is 0 Å². The normalized spacial score (nSPS) is 20.9. The van der Waals surface area contributed by atoms with Gasteiger partial charge in [0.15, 0.2) is 5.17 Å². The maximum Gasteiger partial charge on any atom is 0.338 e. The Hall–Kier alpha value is -2.78. The minimum absolute atomic E-state index is 0.0832. The maximum atomic E-state index is 13.2. The van der Waals surface area contributed by atoms with Gasteiger partial charge in [0, 0.05) is 37.4 Å². The number of carbonyl (C=O) groups is 2. The van der Waals surface area contributed by atoms with Gasteiger partial charge in [-0.05, 0) is 24.9 Å². The van der Waals surface area contributed by atoms with Crippen molar-refractivity contribution in [2.45, 2.75) is 25.8 Å². The number of fused-ring (bicyclic) bond motifs is 1. The van der Waals surface area contributed by atoms with E-state index in [1.807, 2.05) is 46.4 Å². The van der Waals surface area contributed by atoms with E-state index in [-0.39, 0.29) is 12.3 Å². The highest BCUT2D eigenvalue weighted by Crippen LogP contribution is 2.47. The molecule has 0 aliphatic carbocycles. The number of amides is 1. The molecule has 0 unspecified atom stereocenters. The number of nitrogens with zero attached hydrogens (tertiary/aromatic N) is 4. The average molecular weight is 471 g/mol. The van der Waals surface area contributed by atoms with Crippen molar-refractivity contribution in [2.75, 3.05) is 47.4 Å². The number of allylic oxidation sites excluding steroid dienone is 1. The van der Waals surface area contributed by atoms with Gasteiger partial charge >= 0.3 is 5.97 Å². The van der Waals surface area contributed by atoms with E-state index in [1.165, 1.54) is 18.9 Å². The molecule has 8 nitrogen and oxygen atoms in total. The number of piperazine rings is 1. The van der Waals surface area contributed by atoms with Crippen molar-refractivity contribution in [1.29, 1.82) is 0 Å². The second-order valence-electron chi connectivity index (χ2n) is 8.20. The Kier molecular flexibility index (Phi) is 7.09. The van der Waals surface area contributed by atoms with Gasteiger partial charge in [0.1, 0.15) is 5.75 Å². The van der Waals surface area contributed by atoms with Crippen LogP contribution in [0.15, 0.2) is 51.6 Å². The van der Waals surface area contributed by atoms with E-state index in [4.69, 9.17) is 14.5 Å². The van der Waals surface area contributed by atoms with Crippen LogP contribution < -0.4 is 4.74 Å². The summed E-state index contributed by atoms with van der Waals surface area (Å²) in [6.45, 7) is 5.16. The van der Waals surface area contributed by atoms with Crippen molar-refractivity contribution >= 4 is 28.8 Å². The highest BCUT2D eigenvalue weighted by atomic mass is 32.2. The van der Waals surface area contributed by atoms with Gasteiger partial charge in [-0.25, -0.2) is 9.79 Å². The van der Waals surface area contributed by atoms with Gasteiger partial charge in [-0.2, -0.15) is 0 Å². The summed E-state index contributed by atoms with van der Waals surface area (Å²) in [5.41, 5.74) is 2.83. The van der Waals surface area contributed by atoms with Crippen LogP contribution in [0, 0.1) is 0 Å². The lowest BCUT2D eigenvalue weighted by Gasteiger charge is -2.38. The molecule has 0 bridgehead atoms. The van der Waals surface area contributed by atoms with Gasteiger partial charge in [0.25, 0.3) is 0 Å². The fourth-order valence-electron chi connectivity index (χ4n) is 4.42. The number of aliphatic imine (C=N–C) groups is 1. The van der Waals surface area contributed by atoms with Crippen molar-refractivity contribution in [1.82, 2.24) is 14.7 Å². The average Bonchev–Trinajstić information content (AvgIpc) is 3.24. The fraction of sp³-hybridized carbons (Fsp3) is 0.458. The summed E-state index contributed by atoms with van der Waals surface area (Å²) in [7, 11) is 5.07. The summed E-state index contributed by atoms with van der Waals surface area (Å²) in [6, 6.07) is 7.16. The number of amidine groups is 1. The molecule has 9 heteroatoms. The fourth-order valence-corrected chi connectivity index (χ4v) is 5.36. The number of para-hydroxylation sites is 1. The topological polar surface area (TPSA) is 74.7 Å². The number of rotatable bonds is 6. The molecule has 0 radical (unpaired) electrons. The van der Waals surface area contributed by atoms with Crippen LogP contribution in [-0.2, 0) is 14.3 Å². The van der Waals surface area contributed by atoms with Crippen LogP contribution in [0.4, 0.5) is 0 Å². The number of hydrogen-bond donors (Lipinski definition) is 0. The molecular formula is C24H30N4O4S. The van der Waals surface area contributed by atoms with Crippen molar-refractivity contribution in [3.05, 3.63) is 52.2 Å². The van der Waals surface area contributed by atoms with Crippen LogP contribution in [0.2, 0.25) is 0 Å². The van der Waals surface area contributed by atoms with Crippen LogP contribution in [0.25, 0.3) is 0 Å². The third-order valence-corrected chi connectivity index (χ3v) is 7.14. The number of hydrogen-bond acceptors (Lipinski definition) is 8. The number of ether oxygens (including phenoxy) is 2. The molecule has 176 valence electrons. The minimum atomic E-state index is -0.488. The van der Waals surface area contributed by atoms with E-state index in [2.05, 4.69) is 11.9 Å². The largest absolute Gasteiger partial charge is 0.496 e. The zero-order valence-corrected chi connectivity index (χ0v) is 20.4. The van der Waals surface area contributed by atoms with Crippen molar-refractivity contribution in [2.24, 2.45) is 4.99 Å². The molecule has 0 aromatic heterocycles. The molecular weight excluding hydrogens is 440 g/mol. The molecule has 1 atom stereocenters. The van der Waals surface area contributed by atoms with E-state index in [0.717, 1.165) is 42.6 Å². The van der Waals surface area contributed by atoms with Gasteiger partial charge in [-0.1, -0.05) is 36.9 Å². The summed E-state index contributed by atoms with van der Waals surface area (Å²) in [4.78, 5) is 37.1. The molecule has 4 rings (SSSR count).